The third-order valence-corrected chi connectivity index (χ3v) is 2.86. The van der Waals surface area contributed by atoms with Crippen LogP contribution in [0.3, 0.4) is 0 Å². The molecule has 0 saturated heterocycles. The normalized spacial score (nSPS) is 19.9. The van der Waals surface area contributed by atoms with E-state index in [0.717, 1.165) is 18.8 Å². The molecule has 1 saturated carbocycles. The van der Waals surface area contributed by atoms with Crippen LogP contribution in [-0.4, -0.2) is 34.9 Å². The zero-order valence-electron chi connectivity index (χ0n) is 9.28. The third kappa shape index (κ3) is 5.74. The highest BCUT2D eigenvalue weighted by Gasteiger charge is 2.24. The van der Waals surface area contributed by atoms with Crippen molar-refractivity contribution < 1.29 is 15.0 Å². The van der Waals surface area contributed by atoms with Crippen molar-refractivity contribution >= 4 is 5.97 Å². The monoisotopic (exact) mass is 215 g/mol. The van der Waals surface area contributed by atoms with E-state index in [1.165, 1.54) is 12.8 Å². The van der Waals surface area contributed by atoms with Crippen LogP contribution in [0.15, 0.2) is 0 Å². The number of hydrogen-bond donors (Lipinski definition) is 3. The SMILES string of the molecule is CCC(CC1CC1)NCC(O)CC(=O)O. The Kier molecular flexibility index (Phi) is 5.05. The molecule has 0 aromatic carbocycles. The molecule has 1 aliphatic carbocycles. The summed E-state index contributed by atoms with van der Waals surface area (Å²) in [5.74, 6) is -0.0846. The van der Waals surface area contributed by atoms with E-state index in [1.54, 1.807) is 0 Å². The van der Waals surface area contributed by atoms with Gasteiger partial charge in [0.15, 0.2) is 0 Å². The van der Waals surface area contributed by atoms with Gasteiger partial charge in [-0.3, -0.25) is 4.79 Å². The number of aliphatic hydroxyl groups excluding tert-OH is 1. The van der Waals surface area contributed by atoms with E-state index in [0.29, 0.717) is 12.6 Å². The summed E-state index contributed by atoms with van der Waals surface area (Å²) in [6.45, 7) is 2.50. The van der Waals surface area contributed by atoms with Crippen molar-refractivity contribution in [2.45, 2.75) is 51.2 Å². The highest BCUT2D eigenvalue weighted by atomic mass is 16.4. The first-order valence-electron chi connectivity index (χ1n) is 5.75. The number of carbonyl (C=O) groups is 1. The van der Waals surface area contributed by atoms with Gasteiger partial charge in [0.05, 0.1) is 12.5 Å². The molecule has 4 nitrogen and oxygen atoms in total. The lowest BCUT2D eigenvalue weighted by Gasteiger charge is -2.18. The second-order valence-corrected chi connectivity index (χ2v) is 4.44. The number of aliphatic hydroxyl groups is 1. The highest BCUT2D eigenvalue weighted by Crippen LogP contribution is 2.33. The molecular formula is C11H21NO3. The van der Waals surface area contributed by atoms with Crippen LogP contribution in [0.25, 0.3) is 0 Å². The van der Waals surface area contributed by atoms with Crippen LogP contribution in [0.4, 0.5) is 0 Å². The maximum absolute atomic E-state index is 10.3. The Bertz CT molecular complexity index is 204. The maximum atomic E-state index is 10.3. The molecule has 0 aromatic heterocycles. The molecule has 4 heteroatoms. The Morgan fingerprint density at radius 1 is 1.53 bits per heavy atom. The van der Waals surface area contributed by atoms with Crippen LogP contribution in [0, 0.1) is 5.92 Å². The smallest absolute Gasteiger partial charge is 0.306 e. The topological polar surface area (TPSA) is 69.6 Å². The van der Waals surface area contributed by atoms with E-state index >= 15 is 0 Å². The maximum Gasteiger partial charge on any atom is 0.306 e. The second-order valence-electron chi connectivity index (χ2n) is 4.44. The number of hydrogen-bond acceptors (Lipinski definition) is 3. The van der Waals surface area contributed by atoms with Gasteiger partial charge in [0.25, 0.3) is 0 Å². The number of carboxylic acids is 1. The second kappa shape index (κ2) is 6.08. The fourth-order valence-corrected chi connectivity index (χ4v) is 1.73. The summed E-state index contributed by atoms with van der Waals surface area (Å²) >= 11 is 0. The average molecular weight is 215 g/mol. The van der Waals surface area contributed by atoms with Crippen LogP contribution < -0.4 is 5.32 Å². The molecule has 1 aliphatic rings. The molecule has 3 N–H and O–H groups in total. The number of nitrogens with one attached hydrogen (secondary N) is 1. The molecule has 1 rings (SSSR count). The van der Waals surface area contributed by atoms with Crippen molar-refractivity contribution in [3.63, 3.8) is 0 Å². The molecule has 2 atom stereocenters. The van der Waals surface area contributed by atoms with Gasteiger partial charge in [0.1, 0.15) is 0 Å². The lowest BCUT2D eigenvalue weighted by Crippen LogP contribution is -2.36. The molecule has 0 amide bonds. The molecule has 1 fully saturated rings. The first-order valence-corrected chi connectivity index (χ1v) is 5.75. The summed E-state index contributed by atoms with van der Waals surface area (Å²) in [4.78, 5) is 10.3. The van der Waals surface area contributed by atoms with Gasteiger partial charge in [0.2, 0.25) is 0 Å². The first kappa shape index (κ1) is 12.5. The van der Waals surface area contributed by atoms with E-state index in [9.17, 15) is 9.90 Å². The zero-order chi connectivity index (χ0) is 11.3. The lowest BCUT2D eigenvalue weighted by atomic mass is 10.1. The fraction of sp³-hybridized carbons (Fsp3) is 0.909. The van der Waals surface area contributed by atoms with Crippen molar-refractivity contribution in [2.75, 3.05) is 6.54 Å². The summed E-state index contributed by atoms with van der Waals surface area (Å²) in [6.07, 6.45) is 3.92. The quantitative estimate of drug-likeness (QED) is 0.565. The minimum absolute atomic E-state index is 0.174. The summed E-state index contributed by atoms with van der Waals surface area (Å²) in [6, 6.07) is 0.431. The van der Waals surface area contributed by atoms with Crippen molar-refractivity contribution in [2.24, 2.45) is 5.92 Å². The van der Waals surface area contributed by atoms with Crippen molar-refractivity contribution in [3.05, 3.63) is 0 Å². The predicted octanol–water partition coefficient (Wildman–Crippen LogP) is 0.990. The van der Waals surface area contributed by atoms with E-state index in [4.69, 9.17) is 5.11 Å². The third-order valence-electron chi connectivity index (χ3n) is 2.86. The number of aliphatic carboxylic acids is 1. The minimum atomic E-state index is -0.945. The van der Waals surface area contributed by atoms with Gasteiger partial charge in [-0.15, -0.1) is 0 Å². The molecule has 0 bridgehead atoms. The lowest BCUT2D eigenvalue weighted by molar-refractivity contribution is -0.139. The highest BCUT2D eigenvalue weighted by molar-refractivity contribution is 5.67. The Labute approximate surface area is 90.7 Å². The largest absolute Gasteiger partial charge is 0.481 e. The van der Waals surface area contributed by atoms with Crippen molar-refractivity contribution in [3.8, 4) is 0 Å². The number of carboxylic acid groups (broad SMARTS) is 1. The summed E-state index contributed by atoms with van der Waals surface area (Å²) in [7, 11) is 0. The molecule has 0 spiro atoms. The Balaban J connectivity index is 2.11. The molecule has 0 heterocycles. The molecule has 0 aromatic rings. The summed E-state index contributed by atoms with van der Waals surface area (Å²) < 4.78 is 0. The van der Waals surface area contributed by atoms with Gasteiger partial charge >= 0.3 is 5.97 Å². The average Bonchev–Trinajstić information content (AvgIpc) is 2.94. The van der Waals surface area contributed by atoms with Gasteiger partial charge in [-0.05, 0) is 18.8 Å². The minimum Gasteiger partial charge on any atom is -0.481 e. The molecule has 2 unspecified atom stereocenters. The van der Waals surface area contributed by atoms with Gasteiger partial charge in [-0.2, -0.15) is 0 Å². The van der Waals surface area contributed by atoms with Crippen molar-refractivity contribution in [1.82, 2.24) is 5.32 Å². The van der Waals surface area contributed by atoms with E-state index in [-0.39, 0.29) is 6.42 Å². The standard InChI is InChI=1S/C11H21NO3/c1-2-9(5-8-3-4-8)12-7-10(13)6-11(14)15/h8-10,12-13H,2-7H2,1H3,(H,14,15). The molecule has 0 radical (unpaired) electrons. The Morgan fingerprint density at radius 3 is 2.67 bits per heavy atom. The van der Waals surface area contributed by atoms with E-state index in [1.807, 2.05) is 0 Å². The molecular weight excluding hydrogens is 194 g/mol. The molecule has 88 valence electrons. The van der Waals surface area contributed by atoms with Gasteiger partial charge < -0.3 is 15.5 Å². The van der Waals surface area contributed by atoms with Gasteiger partial charge in [-0.25, -0.2) is 0 Å². The van der Waals surface area contributed by atoms with Crippen LogP contribution >= 0.6 is 0 Å². The van der Waals surface area contributed by atoms with Crippen molar-refractivity contribution in [1.29, 1.82) is 0 Å². The fourth-order valence-electron chi connectivity index (χ4n) is 1.73. The van der Waals surface area contributed by atoms with Crippen LogP contribution in [-0.2, 0) is 4.79 Å². The van der Waals surface area contributed by atoms with Crippen LogP contribution in [0.1, 0.15) is 39.0 Å². The van der Waals surface area contributed by atoms with Crippen LogP contribution in [0.2, 0.25) is 0 Å². The molecule has 15 heavy (non-hydrogen) atoms. The Morgan fingerprint density at radius 2 is 2.20 bits per heavy atom. The summed E-state index contributed by atoms with van der Waals surface area (Å²) in [5, 5.41) is 21.1. The van der Waals surface area contributed by atoms with Gasteiger partial charge in [-0.1, -0.05) is 19.8 Å². The van der Waals surface area contributed by atoms with Gasteiger partial charge in [0, 0.05) is 12.6 Å². The predicted molar refractivity (Wildman–Crippen MR) is 57.7 cm³/mol. The molecule has 0 aliphatic heterocycles. The zero-order valence-corrected chi connectivity index (χ0v) is 9.28. The Hall–Kier alpha value is -0.610. The van der Waals surface area contributed by atoms with Crippen LogP contribution in [0.5, 0.6) is 0 Å². The number of rotatable bonds is 8. The summed E-state index contributed by atoms with van der Waals surface area (Å²) in [5.41, 5.74) is 0. The first-order chi connectivity index (χ1) is 7.11. The van der Waals surface area contributed by atoms with E-state index < -0.39 is 12.1 Å². The van der Waals surface area contributed by atoms with E-state index in [2.05, 4.69) is 12.2 Å².